The quantitative estimate of drug-likeness (QED) is 0.340. The minimum absolute atomic E-state index is 0.194. The molecule has 0 saturated carbocycles. The lowest BCUT2D eigenvalue weighted by atomic mass is 10.2. The van der Waals surface area contributed by atoms with Gasteiger partial charge in [-0.3, -0.25) is 14.4 Å². The fraction of sp³-hybridized carbons (Fsp3) is 0.238. The summed E-state index contributed by atoms with van der Waals surface area (Å²) in [5, 5.41) is 9.47. The van der Waals surface area contributed by atoms with E-state index in [1.165, 1.54) is 6.21 Å². The van der Waals surface area contributed by atoms with Crippen LogP contribution < -0.4 is 20.8 Å². The van der Waals surface area contributed by atoms with Crippen molar-refractivity contribution < 1.29 is 19.1 Å². The molecule has 0 aliphatic carbocycles. The summed E-state index contributed by atoms with van der Waals surface area (Å²) in [6, 6.07) is 12.0. The maximum absolute atomic E-state index is 12.1. The van der Waals surface area contributed by atoms with Crippen molar-refractivity contribution in [1.82, 2.24) is 10.7 Å². The molecular weight excluding hydrogens is 408 g/mol. The summed E-state index contributed by atoms with van der Waals surface area (Å²) in [6.07, 6.45) is 2.10. The second kappa shape index (κ2) is 11.6. The van der Waals surface area contributed by atoms with Crippen LogP contribution in [0.3, 0.4) is 0 Å². The van der Waals surface area contributed by atoms with Crippen molar-refractivity contribution in [2.75, 3.05) is 18.5 Å². The van der Waals surface area contributed by atoms with Crippen molar-refractivity contribution in [3.63, 3.8) is 0 Å². The van der Waals surface area contributed by atoms with Crippen molar-refractivity contribution >= 4 is 41.2 Å². The van der Waals surface area contributed by atoms with Gasteiger partial charge < -0.3 is 15.4 Å². The van der Waals surface area contributed by atoms with E-state index < -0.39 is 11.8 Å². The zero-order chi connectivity index (χ0) is 21.9. The second-order valence-corrected chi connectivity index (χ2v) is 6.74. The maximum atomic E-state index is 12.1. The molecule has 0 radical (unpaired) electrons. The second-order valence-electron chi connectivity index (χ2n) is 6.33. The molecule has 3 N–H and O–H groups in total. The number of halogens is 1. The fourth-order valence-corrected chi connectivity index (χ4v) is 2.42. The Morgan fingerprint density at radius 2 is 1.93 bits per heavy atom. The monoisotopic (exact) mass is 430 g/mol. The van der Waals surface area contributed by atoms with E-state index in [-0.39, 0.29) is 12.5 Å². The van der Waals surface area contributed by atoms with Crippen LogP contribution in [0.1, 0.15) is 24.5 Å². The molecule has 0 unspecified atom stereocenters. The molecule has 2 rings (SSSR count). The van der Waals surface area contributed by atoms with Gasteiger partial charge in [-0.25, -0.2) is 5.43 Å². The molecule has 2 aromatic rings. The predicted octanol–water partition coefficient (Wildman–Crippen LogP) is 2.64. The molecule has 0 spiro atoms. The summed E-state index contributed by atoms with van der Waals surface area (Å²) in [5.41, 5.74) is 4.27. The Kier molecular flexibility index (Phi) is 8.83. The predicted molar refractivity (Wildman–Crippen MR) is 116 cm³/mol. The maximum Gasteiger partial charge on any atom is 0.329 e. The van der Waals surface area contributed by atoms with Gasteiger partial charge in [-0.15, -0.1) is 0 Å². The number of hydrogen-bond acceptors (Lipinski definition) is 5. The first-order chi connectivity index (χ1) is 14.4. The van der Waals surface area contributed by atoms with Crippen LogP contribution >= 0.6 is 11.6 Å². The molecule has 0 fully saturated rings. The van der Waals surface area contributed by atoms with Crippen LogP contribution in [-0.4, -0.2) is 37.1 Å². The zero-order valence-corrected chi connectivity index (χ0v) is 17.5. The number of ether oxygens (including phenoxy) is 1. The SMILES string of the molecule is CCCNC(=O)C(=O)N/N=C\c1cccc(OCC(=O)Nc2ccc(C)c(Cl)c2)c1. The third kappa shape index (κ3) is 7.56. The number of hydrogen-bond donors (Lipinski definition) is 3. The van der Waals surface area contributed by atoms with Gasteiger partial charge in [0.2, 0.25) is 0 Å². The molecule has 0 bridgehead atoms. The fourth-order valence-electron chi connectivity index (χ4n) is 2.24. The van der Waals surface area contributed by atoms with Gasteiger partial charge in [0.25, 0.3) is 5.91 Å². The van der Waals surface area contributed by atoms with Gasteiger partial charge in [-0.05, 0) is 48.7 Å². The molecule has 0 saturated heterocycles. The average molecular weight is 431 g/mol. The minimum Gasteiger partial charge on any atom is -0.484 e. The number of nitrogens with zero attached hydrogens (tertiary/aromatic N) is 1. The van der Waals surface area contributed by atoms with E-state index in [0.717, 1.165) is 12.0 Å². The van der Waals surface area contributed by atoms with E-state index in [4.69, 9.17) is 16.3 Å². The highest BCUT2D eigenvalue weighted by Crippen LogP contribution is 2.20. The van der Waals surface area contributed by atoms with Crippen molar-refractivity contribution in [3.05, 3.63) is 58.6 Å². The highest BCUT2D eigenvalue weighted by molar-refractivity contribution is 6.35. The summed E-state index contributed by atoms with van der Waals surface area (Å²) in [4.78, 5) is 35.1. The molecule has 0 aliphatic rings. The lowest BCUT2D eigenvalue weighted by Crippen LogP contribution is -2.38. The first-order valence-electron chi connectivity index (χ1n) is 9.29. The van der Waals surface area contributed by atoms with Gasteiger partial charge in [0.15, 0.2) is 6.61 Å². The van der Waals surface area contributed by atoms with Gasteiger partial charge in [0.05, 0.1) is 6.21 Å². The Labute approximate surface area is 179 Å². The van der Waals surface area contributed by atoms with E-state index in [0.29, 0.717) is 28.6 Å². The molecule has 2 aromatic carbocycles. The number of nitrogens with one attached hydrogen (secondary N) is 3. The van der Waals surface area contributed by atoms with Crippen LogP contribution in [0, 0.1) is 6.92 Å². The van der Waals surface area contributed by atoms with Gasteiger partial charge in [-0.2, -0.15) is 5.10 Å². The molecule has 0 aliphatic heterocycles. The van der Waals surface area contributed by atoms with Crippen LogP contribution in [0.25, 0.3) is 0 Å². The lowest BCUT2D eigenvalue weighted by Gasteiger charge is -2.09. The normalized spacial score (nSPS) is 10.5. The molecule has 158 valence electrons. The van der Waals surface area contributed by atoms with Gasteiger partial charge in [0, 0.05) is 17.3 Å². The third-order valence-corrected chi connectivity index (χ3v) is 4.21. The molecule has 9 heteroatoms. The number of benzene rings is 2. The number of carbonyl (C=O) groups is 3. The zero-order valence-electron chi connectivity index (χ0n) is 16.7. The summed E-state index contributed by atoms with van der Waals surface area (Å²) < 4.78 is 5.49. The largest absolute Gasteiger partial charge is 0.484 e. The first-order valence-corrected chi connectivity index (χ1v) is 9.67. The van der Waals surface area contributed by atoms with Gasteiger partial charge in [0.1, 0.15) is 5.75 Å². The van der Waals surface area contributed by atoms with E-state index in [1.54, 1.807) is 36.4 Å². The van der Waals surface area contributed by atoms with Crippen LogP contribution in [0.15, 0.2) is 47.6 Å². The van der Waals surface area contributed by atoms with E-state index >= 15 is 0 Å². The average Bonchev–Trinajstić information content (AvgIpc) is 2.73. The molecule has 0 aromatic heterocycles. The van der Waals surface area contributed by atoms with E-state index in [1.807, 2.05) is 19.9 Å². The van der Waals surface area contributed by atoms with Crippen molar-refractivity contribution in [2.45, 2.75) is 20.3 Å². The van der Waals surface area contributed by atoms with Crippen molar-refractivity contribution in [3.8, 4) is 5.75 Å². The van der Waals surface area contributed by atoms with Crippen LogP contribution in [0.2, 0.25) is 5.02 Å². The van der Waals surface area contributed by atoms with Crippen molar-refractivity contribution in [1.29, 1.82) is 0 Å². The van der Waals surface area contributed by atoms with Crippen LogP contribution in [0.4, 0.5) is 5.69 Å². The number of anilines is 1. The Morgan fingerprint density at radius 3 is 2.67 bits per heavy atom. The Balaban J connectivity index is 1.84. The molecule has 3 amide bonds. The highest BCUT2D eigenvalue weighted by atomic mass is 35.5. The minimum atomic E-state index is -0.847. The van der Waals surface area contributed by atoms with Crippen LogP contribution in [-0.2, 0) is 14.4 Å². The smallest absolute Gasteiger partial charge is 0.329 e. The summed E-state index contributed by atoms with van der Waals surface area (Å²) in [7, 11) is 0. The lowest BCUT2D eigenvalue weighted by molar-refractivity contribution is -0.139. The number of amides is 3. The third-order valence-electron chi connectivity index (χ3n) is 3.81. The Bertz CT molecular complexity index is 946. The van der Waals surface area contributed by atoms with Crippen LogP contribution in [0.5, 0.6) is 5.75 Å². The van der Waals surface area contributed by atoms with E-state index in [9.17, 15) is 14.4 Å². The van der Waals surface area contributed by atoms with Gasteiger partial charge >= 0.3 is 11.8 Å². The summed E-state index contributed by atoms with van der Waals surface area (Å²) in [5.74, 6) is -1.48. The number of aryl methyl sites for hydroxylation is 1. The van der Waals surface area contributed by atoms with Gasteiger partial charge in [-0.1, -0.05) is 36.7 Å². The number of carbonyl (C=O) groups excluding carboxylic acids is 3. The Hall–Kier alpha value is -3.39. The molecule has 30 heavy (non-hydrogen) atoms. The standard InChI is InChI=1S/C21H23ClN4O4/c1-3-9-23-20(28)21(29)26-24-12-15-5-4-6-17(10-15)30-13-19(27)25-16-8-7-14(2)18(22)11-16/h4-8,10-12H,3,9,13H2,1-2H3,(H,23,28)(H,25,27)(H,26,29)/b24-12-. The molecule has 0 atom stereocenters. The molecule has 0 heterocycles. The Morgan fingerprint density at radius 1 is 1.13 bits per heavy atom. The molecular formula is C21H23ClN4O4. The van der Waals surface area contributed by atoms with E-state index in [2.05, 4.69) is 21.2 Å². The van der Waals surface area contributed by atoms with Crippen molar-refractivity contribution in [2.24, 2.45) is 5.10 Å². The molecule has 8 nitrogen and oxygen atoms in total. The number of hydrazone groups is 1. The topological polar surface area (TPSA) is 109 Å². The first kappa shape index (κ1) is 22.9. The highest BCUT2D eigenvalue weighted by Gasteiger charge is 2.10. The number of rotatable bonds is 8. The summed E-state index contributed by atoms with van der Waals surface area (Å²) in [6.45, 7) is 3.98. The summed E-state index contributed by atoms with van der Waals surface area (Å²) >= 11 is 6.05.